The highest BCUT2D eigenvalue weighted by Gasteiger charge is 2.30. The Morgan fingerprint density at radius 2 is 1.96 bits per heavy atom. The second kappa shape index (κ2) is 8.02. The van der Waals surface area contributed by atoms with Crippen LogP contribution < -0.4 is 0 Å². The summed E-state index contributed by atoms with van der Waals surface area (Å²) in [6, 6.07) is 15.3. The van der Waals surface area contributed by atoms with E-state index >= 15 is 0 Å². The number of benzene rings is 2. The number of aromatic nitrogens is 3. The van der Waals surface area contributed by atoms with Gasteiger partial charge in [0.25, 0.3) is 5.91 Å². The number of hydrogen-bond acceptors (Lipinski definition) is 6. The van der Waals surface area contributed by atoms with Gasteiger partial charge < -0.3 is 9.64 Å². The van der Waals surface area contributed by atoms with Gasteiger partial charge in [0.1, 0.15) is 10.8 Å². The van der Waals surface area contributed by atoms with Crippen molar-refractivity contribution in [2.45, 2.75) is 11.8 Å². The molecule has 0 bridgehead atoms. The van der Waals surface area contributed by atoms with E-state index in [4.69, 9.17) is 4.74 Å². The van der Waals surface area contributed by atoms with Crippen LogP contribution in [0.5, 0.6) is 0 Å². The molecule has 4 rings (SSSR count). The normalized spacial score (nSPS) is 16.9. The third-order valence-corrected chi connectivity index (χ3v) is 5.93. The van der Waals surface area contributed by atoms with E-state index in [1.807, 2.05) is 53.2 Å². The molecule has 7 nitrogen and oxygen atoms in total. The lowest BCUT2D eigenvalue weighted by molar-refractivity contribution is -0.140. The van der Waals surface area contributed by atoms with Crippen molar-refractivity contribution in [3.63, 3.8) is 0 Å². The Labute approximate surface area is 166 Å². The highest BCUT2D eigenvalue weighted by molar-refractivity contribution is 8.00. The van der Waals surface area contributed by atoms with Crippen molar-refractivity contribution in [3.05, 3.63) is 59.7 Å². The van der Waals surface area contributed by atoms with Crippen LogP contribution in [0.2, 0.25) is 0 Å². The Balaban J connectivity index is 1.45. The summed E-state index contributed by atoms with van der Waals surface area (Å²) in [6.07, 6.45) is 0. The Morgan fingerprint density at radius 3 is 2.75 bits per heavy atom. The molecule has 1 amide bonds. The van der Waals surface area contributed by atoms with Crippen molar-refractivity contribution in [3.8, 4) is 0 Å². The molecule has 144 valence electrons. The van der Waals surface area contributed by atoms with Gasteiger partial charge in [0, 0.05) is 24.4 Å². The van der Waals surface area contributed by atoms with Crippen molar-refractivity contribution < 1.29 is 14.3 Å². The fourth-order valence-corrected chi connectivity index (χ4v) is 4.38. The van der Waals surface area contributed by atoms with Crippen LogP contribution in [0.15, 0.2) is 48.5 Å². The maximum atomic E-state index is 12.8. The molecule has 0 aliphatic carbocycles. The van der Waals surface area contributed by atoms with Gasteiger partial charge in [-0.1, -0.05) is 29.5 Å². The minimum atomic E-state index is -0.317. The predicted octanol–water partition coefficient (Wildman–Crippen LogP) is 2.21. The van der Waals surface area contributed by atoms with Gasteiger partial charge in [-0.05, 0) is 29.8 Å². The zero-order chi connectivity index (χ0) is 19.5. The molecule has 2 aromatic carbocycles. The first kappa shape index (κ1) is 18.5. The average Bonchev–Trinajstić information content (AvgIpc) is 3.16. The first-order valence-corrected chi connectivity index (χ1v) is 10.1. The highest BCUT2D eigenvalue weighted by Crippen LogP contribution is 2.21. The molecule has 28 heavy (non-hydrogen) atoms. The molecule has 3 aromatic rings. The average molecular weight is 396 g/mol. The quantitative estimate of drug-likeness (QED) is 0.630. The zero-order valence-corrected chi connectivity index (χ0v) is 16.3. The second-order valence-corrected chi connectivity index (χ2v) is 7.88. The fourth-order valence-electron chi connectivity index (χ4n) is 3.25. The molecule has 1 fully saturated rings. The first-order valence-electron chi connectivity index (χ1n) is 9.01. The largest absolute Gasteiger partial charge is 0.468 e. The lowest BCUT2D eigenvalue weighted by atomic mass is 10.1. The van der Waals surface area contributed by atoms with Gasteiger partial charge >= 0.3 is 5.97 Å². The SMILES string of the molecule is COC(=O)[C@@H]1CN(C(=O)c2ccc(Cn3nnc4ccccc43)cc2)CCS1. The van der Waals surface area contributed by atoms with Crippen LogP contribution in [0, 0.1) is 0 Å². The number of methoxy groups -OCH3 is 1. The summed E-state index contributed by atoms with van der Waals surface area (Å²) in [4.78, 5) is 26.3. The van der Waals surface area contributed by atoms with Gasteiger partial charge in [0.2, 0.25) is 0 Å². The summed E-state index contributed by atoms with van der Waals surface area (Å²) in [7, 11) is 1.38. The van der Waals surface area contributed by atoms with Gasteiger partial charge in [0.15, 0.2) is 0 Å². The van der Waals surface area contributed by atoms with Crippen LogP contribution in [-0.4, -0.2) is 63.0 Å². The topological polar surface area (TPSA) is 77.3 Å². The van der Waals surface area contributed by atoms with Gasteiger partial charge in [-0.25, -0.2) is 4.68 Å². The van der Waals surface area contributed by atoms with Gasteiger partial charge in [-0.3, -0.25) is 9.59 Å². The summed E-state index contributed by atoms with van der Waals surface area (Å²) in [5.41, 5.74) is 3.48. The van der Waals surface area contributed by atoms with Crippen LogP contribution in [0.4, 0.5) is 0 Å². The maximum absolute atomic E-state index is 12.8. The standard InChI is InChI=1S/C20H20N4O3S/c1-27-20(26)18-13-23(10-11-28-18)19(25)15-8-6-14(7-9-15)12-24-17-5-3-2-4-16(17)21-22-24/h2-9,18H,10-13H2,1H3/t18-/m0/s1. The van der Waals surface area contributed by atoms with E-state index in [1.165, 1.54) is 18.9 Å². The molecule has 0 saturated carbocycles. The third kappa shape index (κ3) is 3.73. The van der Waals surface area contributed by atoms with E-state index < -0.39 is 0 Å². The number of hydrogen-bond donors (Lipinski definition) is 0. The molecule has 1 saturated heterocycles. The number of rotatable bonds is 4. The lowest BCUT2D eigenvalue weighted by Gasteiger charge is -2.31. The summed E-state index contributed by atoms with van der Waals surface area (Å²) < 4.78 is 6.65. The van der Waals surface area contributed by atoms with E-state index in [9.17, 15) is 9.59 Å². The molecule has 1 atom stereocenters. The van der Waals surface area contributed by atoms with Crippen LogP contribution in [0.25, 0.3) is 11.0 Å². The van der Waals surface area contributed by atoms with Crippen molar-refractivity contribution in [1.82, 2.24) is 19.9 Å². The number of thioether (sulfide) groups is 1. The Hall–Kier alpha value is -2.87. The monoisotopic (exact) mass is 396 g/mol. The smallest absolute Gasteiger partial charge is 0.320 e. The number of fused-ring (bicyclic) bond motifs is 1. The first-order chi connectivity index (χ1) is 13.7. The van der Waals surface area contributed by atoms with Gasteiger partial charge in [0.05, 0.1) is 19.2 Å². The Morgan fingerprint density at radius 1 is 1.18 bits per heavy atom. The van der Waals surface area contributed by atoms with Crippen molar-refractivity contribution in [1.29, 1.82) is 0 Å². The van der Waals surface area contributed by atoms with E-state index in [0.717, 1.165) is 22.3 Å². The summed E-state index contributed by atoms with van der Waals surface area (Å²) in [5, 5.41) is 8.05. The molecule has 8 heteroatoms. The molecule has 0 spiro atoms. The molecule has 0 N–H and O–H groups in total. The van der Waals surface area contributed by atoms with E-state index in [0.29, 0.717) is 25.2 Å². The van der Waals surface area contributed by atoms with E-state index in [-0.39, 0.29) is 17.1 Å². The minimum absolute atomic E-state index is 0.0630. The van der Waals surface area contributed by atoms with Crippen LogP contribution in [-0.2, 0) is 16.1 Å². The second-order valence-electron chi connectivity index (χ2n) is 6.57. The minimum Gasteiger partial charge on any atom is -0.468 e. The summed E-state index contributed by atoms with van der Waals surface area (Å²) in [5.74, 6) is 0.382. The zero-order valence-electron chi connectivity index (χ0n) is 15.4. The lowest BCUT2D eigenvalue weighted by Crippen LogP contribution is -2.44. The number of ether oxygens (including phenoxy) is 1. The summed E-state index contributed by atoms with van der Waals surface area (Å²) >= 11 is 1.53. The van der Waals surface area contributed by atoms with Gasteiger partial charge in [-0.2, -0.15) is 0 Å². The van der Waals surface area contributed by atoms with Crippen LogP contribution >= 0.6 is 11.8 Å². The molecule has 0 radical (unpaired) electrons. The number of carbonyl (C=O) groups is 2. The number of para-hydroxylation sites is 1. The van der Waals surface area contributed by atoms with Crippen LogP contribution in [0.3, 0.4) is 0 Å². The van der Waals surface area contributed by atoms with E-state index in [2.05, 4.69) is 10.3 Å². The molecule has 1 aromatic heterocycles. The molecule has 2 heterocycles. The number of carbonyl (C=O) groups excluding carboxylic acids is 2. The van der Waals surface area contributed by atoms with Crippen molar-refractivity contribution in [2.24, 2.45) is 0 Å². The van der Waals surface area contributed by atoms with Gasteiger partial charge in [-0.15, -0.1) is 16.9 Å². The number of esters is 1. The Kier molecular flexibility index (Phi) is 5.29. The molecule has 1 aliphatic rings. The number of amides is 1. The predicted molar refractivity (Wildman–Crippen MR) is 107 cm³/mol. The van der Waals surface area contributed by atoms with Crippen molar-refractivity contribution >= 4 is 34.7 Å². The summed E-state index contributed by atoms with van der Waals surface area (Å²) in [6.45, 7) is 1.59. The molecule has 0 unspecified atom stereocenters. The third-order valence-electron chi connectivity index (χ3n) is 4.77. The fraction of sp³-hybridized carbons (Fsp3) is 0.300. The van der Waals surface area contributed by atoms with Crippen LogP contribution in [0.1, 0.15) is 15.9 Å². The Bertz CT molecular complexity index is 1000. The van der Waals surface area contributed by atoms with Crippen molar-refractivity contribution in [2.75, 3.05) is 26.0 Å². The number of nitrogens with zero attached hydrogens (tertiary/aromatic N) is 4. The maximum Gasteiger partial charge on any atom is 0.320 e. The van der Waals surface area contributed by atoms with E-state index in [1.54, 1.807) is 4.90 Å². The molecular weight excluding hydrogens is 376 g/mol. The molecular formula is C20H20N4O3S. The highest BCUT2D eigenvalue weighted by atomic mass is 32.2. The molecule has 1 aliphatic heterocycles.